The lowest BCUT2D eigenvalue weighted by molar-refractivity contribution is -0.137. The first-order valence-electron chi connectivity index (χ1n) is 6.45. The maximum Gasteiger partial charge on any atom is 0.416 e. The van der Waals surface area contributed by atoms with E-state index in [1.54, 1.807) is 13.0 Å². The average Bonchev–Trinajstić information content (AvgIpc) is 2.25. The second kappa shape index (κ2) is 5.85. The third-order valence-corrected chi connectivity index (χ3v) is 2.78. The first-order valence-corrected chi connectivity index (χ1v) is 6.45. The molecule has 112 valence electrons. The molecule has 0 saturated carbocycles. The quantitative estimate of drug-likeness (QED) is 0.881. The zero-order valence-electron chi connectivity index (χ0n) is 12.1. The van der Waals surface area contributed by atoms with Crippen molar-refractivity contribution in [3.05, 3.63) is 35.4 Å². The molecule has 0 aliphatic heterocycles. The Morgan fingerprint density at radius 3 is 2.35 bits per heavy atom. The molecule has 1 aromatic carbocycles. The van der Waals surface area contributed by atoms with Gasteiger partial charge in [0.2, 0.25) is 5.91 Å². The lowest BCUT2D eigenvalue weighted by Crippen LogP contribution is -2.30. The molecule has 0 heterocycles. The monoisotopic (exact) mass is 287 g/mol. The second-order valence-corrected chi connectivity index (χ2v) is 6.15. The van der Waals surface area contributed by atoms with E-state index >= 15 is 0 Å². The van der Waals surface area contributed by atoms with Crippen molar-refractivity contribution >= 4 is 5.91 Å². The van der Waals surface area contributed by atoms with Gasteiger partial charge in [0, 0.05) is 6.42 Å². The van der Waals surface area contributed by atoms with Crippen molar-refractivity contribution in [2.24, 2.45) is 5.41 Å². The van der Waals surface area contributed by atoms with Gasteiger partial charge in [-0.25, -0.2) is 0 Å². The van der Waals surface area contributed by atoms with Crippen LogP contribution in [0.1, 0.15) is 51.3 Å². The molecular weight excluding hydrogens is 267 g/mol. The van der Waals surface area contributed by atoms with Crippen molar-refractivity contribution in [3.63, 3.8) is 0 Å². The first kappa shape index (κ1) is 16.5. The Labute approximate surface area is 117 Å². The van der Waals surface area contributed by atoms with Crippen LogP contribution < -0.4 is 5.32 Å². The summed E-state index contributed by atoms with van der Waals surface area (Å²) in [6.07, 6.45) is -4.04. The summed E-state index contributed by atoms with van der Waals surface area (Å²) in [6.45, 7) is 7.47. The summed E-state index contributed by atoms with van der Waals surface area (Å²) >= 11 is 0. The molecule has 20 heavy (non-hydrogen) atoms. The molecule has 1 aromatic rings. The number of nitrogens with one attached hydrogen (secondary N) is 1. The highest BCUT2D eigenvalue weighted by Crippen LogP contribution is 2.30. The van der Waals surface area contributed by atoms with Crippen LogP contribution in [0.5, 0.6) is 0 Å². The molecule has 0 aliphatic rings. The molecule has 1 N–H and O–H groups in total. The minimum Gasteiger partial charge on any atom is -0.350 e. The average molecular weight is 287 g/mol. The van der Waals surface area contributed by atoms with Gasteiger partial charge in [-0.05, 0) is 30.0 Å². The van der Waals surface area contributed by atoms with Gasteiger partial charge in [0.05, 0.1) is 11.6 Å². The summed E-state index contributed by atoms with van der Waals surface area (Å²) in [7, 11) is 0. The first-order chi connectivity index (χ1) is 8.99. The van der Waals surface area contributed by atoms with Crippen molar-refractivity contribution < 1.29 is 18.0 Å². The molecule has 0 aliphatic carbocycles. The molecule has 1 atom stereocenters. The number of rotatable bonds is 3. The Morgan fingerprint density at radius 1 is 1.25 bits per heavy atom. The summed E-state index contributed by atoms with van der Waals surface area (Å²) in [6, 6.07) is 4.57. The van der Waals surface area contributed by atoms with Crippen molar-refractivity contribution in [2.75, 3.05) is 0 Å². The molecule has 5 heteroatoms. The molecular formula is C15H20F3NO. The number of carbonyl (C=O) groups is 1. The lowest BCUT2D eigenvalue weighted by Gasteiger charge is -2.21. The minimum atomic E-state index is -4.37. The highest BCUT2D eigenvalue weighted by atomic mass is 19.4. The predicted octanol–water partition coefficient (Wildman–Crippen LogP) is 4.32. The Kier molecular flexibility index (Phi) is 4.84. The van der Waals surface area contributed by atoms with E-state index in [4.69, 9.17) is 0 Å². The Balaban J connectivity index is 2.78. The maximum atomic E-state index is 12.6. The Hall–Kier alpha value is -1.52. The second-order valence-electron chi connectivity index (χ2n) is 6.15. The van der Waals surface area contributed by atoms with Gasteiger partial charge in [-0.15, -0.1) is 0 Å². The van der Waals surface area contributed by atoms with E-state index in [1.807, 2.05) is 20.8 Å². The van der Waals surface area contributed by atoms with Crippen molar-refractivity contribution in [2.45, 2.75) is 46.3 Å². The van der Waals surface area contributed by atoms with Gasteiger partial charge in [0.25, 0.3) is 0 Å². The van der Waals surface area contributed by atoms with Crippen LogP contribution >= 0.6 is 0 Å². The van der Waals surface area contributed by atoms with Gasteiger partial charge >= 0.3 is 6.18 Å². The summed E-state index contributed by atoms with van der Waals surface area (Å²) in [5, 5.41) is 2.73. The van der Waals surface area contributed by atoms with Gasteiger partial charge in [-0.1, -0.05) is 32.9 Å². The highest BCUT2D eigenvalue weighted by Gasteiger charge is 2.30. The molecule has 0 saturated heterocycles. The fraction of sp³-hybridized carbons (Fsp3) is 0.533. The number of halogens is 3. The summed E-state index contributed by atoms with van der Waals surface area (Å²) in [4.78, 5) is 11.8. The smallest absolute Gasteiger partial charge is 0.350 e. The van der Waals surface area contributed by atoms with Crippen LogP contribution in [0.4, 0.5) is 13.2 Å². The molecule has 1 amide bonds. The van der Waals surface area contributed by atoms with Gasteiger partial charge in [-0.2, -0.15) is 13.2 Å². The van der Waals surface area contributed by atoms with Gasteiger partial charge in [0.1, 0.15) is 0 Å². The van der Waals surface area contributed by atoms with Crippen LogP contribution in [0.25, 0.3) is 0 Å². The minimum absolute atomic E-state index is 0.155. The zero-order valence-corrected chi connectivity index (χ0v) is 12.1. The SMILES string of the molecule is C[C@H](NC(=O)CC(C)(C)C)c1cccc(C(F)(F)F)c1. The Morgan fingerprint density at radius 2 is 1.85 bits per heavy atom. The normalized spacial score (nSPS) is 13.9. The molecule has 0 aromatic heterocycles. The topological polar surface area (TPSA) is 29.1 Å². The largest absolute Gasteiger partial charge is 0.416 e. The third-order valence-electron chi connectivity index (χ3n) is 2.78. The van der Waals surface area contributed by atoms with Gasteiger partial charge in [-0.3, -0.25) is 4.79 Å². The third kappa shape index (κ3) is 5.23. The van der Waals surface area contributed by atoms with E-state index in [-0.39, 0.29) is 11.3 Å². The van der Waals surface area contributed by atoms with Crippen molar-refractivity contribution in [3.8, 4) is 0 Å². The fourth-order valence-corrected chi connectivity index (χ4v) is 1.84. The van der Waals surface area contributed by atoms with E-state index in [1.165, 1.54) is 6.07 Å². The van der Waals surface area contributed by atoms with Crippen LogP contribution in [0.15, 0.2) is 24.3 Å². The molecule has 2 nitrogen and oxygen atoms in total. The molecule has 0 radical (unpaired) electrons. The molecule has 0 spiro atoms. The van der Waals surface area contributed by atoms with Crippen molar-refractivity contribution in [1.29, 1.82) is 0 Å². The maximum absolute atomic E-state index is 12.6. The number of alkyl halides is 3. The number of benzene rings is 1. The molecule has 1 rings (SSSR count). The Bertz CT molecular complexity index is 475. The van der Waals surface area contributed by atoms with Crippen LogP contribution in [0.3, 0.4) is 0 Å². The van der Waals surface area contributed by atoms with Crippen molar-refractivity contribution in [1.82, 2.24) is 5.32 Å². The molecule has 0 fully saturated rings. The van der Waals surface area contributed by atoms with Crippen LogP contribution in [-0.4, -0.2) is 5.91 Å². The fourth-order valence-electron chi connectivity index (χ4n) is 1.84. The zero-order chi connectivity index (χ0) is 15.6. The number of carbonyl (C=O) groups excluding carboxylic acids is 1. The highest BCUT2D eigenvalue weighted by molar-refractivity contribution is 5.77. The molecule has 0 bridgehead atoms. The predicted molar refractivity (Wildman–Crippen MR) is 72.1 cm³/mol. The number of amides is 1. The van der Waals surface area contributed by atoms with E-state index in [9.17, 15) is 18.0 Å². The van der Waals surface area contributed by atoms with Crippen LogP contribution in [0, 0.1) is 5.41 Å². The van der Waals surface area contributed by atoms with E-state index in [0.29, 0.717) is 12.0 Å². The standard InChI is InChI=1S/C15H20F3NO/c1-10(19-13(20)9-14(2,3)4)11-6-5-7-12(8-11)15(16,17)18/h5-8,10H,9H2,1-4H3,(H,19,20)/t10-/m0/s1. The summed E-state index contributed by atoms with van der Waals surface area (Å²) < 4.78 is 37.9. The van der Waals surface area contributed by atoms with Crippen LogP contribution in [-0.2, 0) is 11.0 Å². The van der Waals surface area contributed by atoms with E-state index in [2.05, 4.69) is 5.32 Å². The lowest BCUT2D eigenvalue weighted by atomic mass is 9.91. The summed E-state index contributed by atoms with van der Waals surface area (Å²) in [5.74, 6) is -0.164. The molecule has 0 unspecified atom stereocenters. The van der Waals surface area contributed by atoms with E-state index < -0.39 is 17.8 Å². The van der Waals surface area contributed by atoms with Gasteiger partial charge in [0.15, 0.2) is 0 Å². The van der Waals surface area contributed by atoms with Gasteiger partial charge < -0.3 is 5.32 Å². The summed E-state index contributed by atoms with van der Waals surface area (Å²) in [5.41, 5.74) is -0.411. The number of hydrogen-bond acceptors (Lipinski definition) is 1. The van der Waals surface area contributed by atoms with Crippen LogP contribution in [0.2, 0.25) is 0 Å². The van der Waals surface area contributed by atoms with E-state index in [0.717, 1.165) is 12.1 Å². The number of hydrogen-bond donors (Lipinski definition) is 1.